The zero-order chi connectivity index (χ0) is 16.9. The Bertz CT molecular complexity index is 374. The number of methoxy groups -OCH3 is 1. The minimum atomic E-state index is -1.70. The van der Waals surface area contributed by atoms with Gasteiger partial charge in [-0.15, -0.1) is 0 Å². The highest BCUT2D eigenvalue weighted by atomic mass is 28.4. The molecule has 21 heavy (non-hydrogen) atoms. The normalized spacial score (nSPS) is 14.2. The van der Waals surface area contributed by atoms with Crippen LogP contribution < -0.4 is 0 Å². The topological polar surface area (TPSA) is 35.5 Å². The Morgan fingerprint density at radius 3 is 2.00 bits per heavy atom. The molecule has 0 unspecified atom stereocenters. The van der Waals surface area contributed by atoms with E-state index >= 15 is 0 Å². The van der Waals surface area contributed by atoms with E-state index in [9.17, 15) is 4.79 Å². The predicted molar refractivity (Wildman–Crippen MR) is 96.0 cm³/mol. The highest BCUT2D eigenvalue weighted by molar-refractivity contribution is 6.77. The first-order valence-electron chi connectivity index (χ1n) is 7.71. The van der Waals surface area contributed by atoms with E-state index in [0.29, 0.717) is 6.61 Å². The van der Waals surface area contributed by atoms with Crippen molar-refractivity contribution >= 4 is 22.4 Å². The molecule has 0 aliphatic rings. The Balaban J connectivity index is 4.63. The standard InChI is InChI=1S/C16H34O3Si2/c1-16(2,3)21(8,9)19-12-10-11-14(15(17)18-4)13-20(5,6)7/h11H,10,12-13H2,1-9H3/b14-11+. The molecular weight excluding hydrogens is 296 g/mol. The van der Waals surface area contributed by atoms with Crippen LogP contribution in [0.25, 0.3) is 0 Å². The van der Waals surface area contributed by atoms with Crippen molar-refractivity contribution in [3.8, 4) is 0 Å². The number of carbonyl (C=O) groups excluding carboxylic acids is 1. The fraction of sp³-hybridized carbons (Fsp3) is 0.812. The Morgan fingerprint density at radius 2 is 1.62 bits per heavy atom. The van der Waals surface area contributed by atoms with Gasteiger partial charge in [0.25, 0.3) is 0 Å². The third-order valence-electron chi connectivity index (χ3n) is 3.95. The van der Waals surface area contributed by atoms with Gasteiger partial charge in [0, 0.05) is 20.3 Å². The van der Waals surface area contributed by atoms with Crippen LogP contribution in [0.15, 0.2) is 11.6 Å². The van der Waals surface area contributed by atoms with E-state index in [0.717, 1.165) is 18.0 Å². The van der Waals surface area contributed by atoms with Crippen LogP contribution in [-0.2, 0) is 14.0 Å². The average Bonchev–Trinajstić information content (AvgIpc) is 2.29. The van der Waals surface area contributed by atoms with Gasteiger partial charge >= 0.3 is 5.97 Å². The monoisotopic (exact) mass is 330 g/mol. The van der Waals surface area contributed by atoms with E-state index in [-0.39, 0.29) is 11.0 Å². The second-order valence-electron chi connectivity index (χ2n) is 8.36. The lowest BCUT2D eigenvalue weighted by molar-refractivity contribution is -0.136. The van der Waals surface area contributed by atoms with Crippen LogP contribution in [0.5, 0.6) is 0 Å². The first-order valence-corrected chi connectivity index (χ1v) is 14.3. The molecule has 0 aromatic heterocycles. The lowest BCUT2D eigenvalue weighted by Gasteiger charge is -2.36. The molecule has 0 amide bonds. The average molecular weight is 331 g/mol. The molecule has 0 fully saturated rings. The lowest BCUT2D eigenvalue weighted by Crippen LogP contribution is -2.40. The van der Waals surface area contributed by atoms with Crippen molar-refractivity contribution in [2.24, 2.45) is 0 Å². The molecule has 0 aliphatic carbocycles. The minimum absolute atomic E-state index is 0.190. The first-order chi connectivity index (χ1) is 9.30. The van der Waals surface area contributed by atoms with Crippen molar-refractivity contribution < 1.29 is 14.0 Å². The SMILES string of the molecule is COC(=O)/C(=C/CCO[Si](C)(C)C(C)(C)C)C[Si](C)(C)C. The van der Waals surface area contributed by atoms with E-state index in [4.69, 9.17) is 9.16 Å². The van der Waals surface area contributed by atoms with Gasteiger partial charge < -0.3 is 9.16 Å². The fourth-order valence-corrected chi connectivity index (χ4v) is 4.19. The number of ether oxygens (including phenoxy) is 1. The van der Waals surface area contributed by atoms with Gasteiger partial charge in [-0.1, -0.05) is 46.5 Å². The fourth-order valence-electron chi connectivity index (χ4n) is 1.69. The summed E-state index contributed by atoms with van der Waals surface area (Å²) in [7, 11) is -1.57. The number of hydrogen-bond acceptors (Lipinski definition) is 3. The van der Waals surface area contributed by atoms with E-state index in [1.165, 1.54) is 7.11 Å². The van der Waals surface area contributed by atoms with E-state index in [1.807, 2.05) is 6.08 Å². The van der Waals surface area contributed by atoms with E-state index < -0.39 is 16.4 Å². The molecule has 0 atom stereocenters. The summed E-state index contributed by atoms with van der Waals surface area (Å²) in [4.78, 5) is 11.8. The van der Waals surface area contributed by atoms with Crippen LogP contribution in [-0.4, -0.2) is 36.1 Å². The van der Waals surface area contributed by atoms with Gasteiger partial charge in [-0.2, -0.15) is 0 Å². The molecule has 3 nitrogen and oxygen atoms in total. The molecule has 5 heteroatoms. The minimum Gasteiger partial charge on any atom is -0.466 e. The molecule has 0 rings (SSSR count). The van der Waals surface area contributed by atoms with Gasteiger partial charge in [0.1, 0.15) is 0 Å². The summed E-state index contributed by atoms with van der Waals surface area (Å²) < 4.78 is 11.0. The summed E-state index contributed by atoms with van der Waals surface area (Å²) in [5, 5.41) is 0.222. The van der Waals surface area contributed by atoms with Gasteiger partial charge in [0.15, 0.2) is 8.32 Å². The molecule has 0 bridgehead atoms. The van der Waals surface area contributed by atoms with Gasteiger partial charge in [-0.25, -0.2) is 4.79 Å². The molecule has 124 valence electrons. The summed E-state index contributed by atoms with van der Waals surface area (Å²) in [5.74, 6) is -0.190. The lowest BCUT2D eigenvalue weighted by atomic mass is 10.2. The number of rotatable bonds is 7. The van der Waals surface area contributed by atoms with Crippen molar-refractivity contribution in [2.45, 2.75) is 71.0 Å². The Morgan fingerprint density at radius 1 is 1.10 bits per heavy atom. The smallest absolute Gasteiger partial charge is 0.333 e. The molecule has 0 saturated carbocycles. The van der Waals surface area contributed by atoms with Crippen molar-refractivity contribution in [1.29, 1.82) is 0 Å². The third-order valence-corrected chi connectivity index (χ3v) is 9.93. The van der Waals surface area contributed by atoms with Crippen LogP contribution >= 0.6 is 0 Å². The molecule has 0 saturated heterocycles. The first kappa shape index (κ1) is 20.6. The van der Waals surface area contributed by atoms with Gasteiger partial charge in [-0.05, 0) is 30.6 Å². The quantitative estimate of drug-likeness (QED) is 0.290. The van der Waals surface area contributed by atoms with Crippen LogP contribution in [0.1, 0.15) is 27.2 Å². The predicted octanol–water partition coefficient (Wildman–Crippen LogP) is 4.84. The maximum atomic E-state index is 11.8. The van der Waals surface area contributed by atoms with Crippen LogP contribution in [0.3, 0.4) is 0 Å². The summed E-state index contributed by atoms with van der Waals surface area (Å²) in [5.41, 5.74) is 0.815. The van der Waals surface area contributed by atoms with Gasteiger partial charge in [0.05, 0.1) is 7.11 Å². The Hall–Kier alpha value is -0.396. The Kier molecular flexibility index (Phi) is 7.60. The highest BCUT2D eigenvalue weighted by Gasteiger charge is 2.36. The molecular formula is C16H34O3Si2. The molecule has 0 N–H and O–H groups in total. The summed E-state index contributed by atoms with van der Waals surface area (Å²) in [6.45, 7) is 18.7. The molecule has 0 aliphatic heterocycles. The molecule has 0 radical (unpaired) electrons. The second-order valence-corrected chi connectivity index (χ2v) is 18.6. The summed E-state index contributed by atoms with van der Waals surface area (Å²) >= 11 is 0. The van der Waals surface area contributed by atoms with Crippen LogP contribution in [0.4, 0.5) is 0 Å². The van der Waals surface area contributed by atoms with E-state index in [1.54, 1.807) is 0 Å². The zero-order valence-electron chi connectivity index (χ0n) is 15.4. The molecule has 0 aromatic rings. The van der Waals surface area contributed by atoms with Gasteiger partial charge in [-0.3, -0.25) is 0 Å². The van der Waals surface area contributed by atoms with E-state index in [2.05, 4.69) is 53.5 Å². The van der Waals surface area contributed by atoms with Crippen LogP contribution in [0, 0.1) is 0 Å². The highest BCUT2D eigenvalue weighted by Crippen LogP contribution is 2.36. The maximum Gasteiger partial charge on any atom is 0.333 e. The number of esters is 1. The van der Waals surface area contributed by atoms with Crippen molar-refractivity contribution in [2.75, 3.05) is 13.7 Å². The summed E-state index contributed by atoms with van der Waals surface area (Å²) in [6, 6.07) is 0.861. The Labute approximate surface area is 133 Å². The molecule has 0 aromatic carbocycles. The van der Waals surface area contributed by atoms with Crippen LogP contribution in [0.2, 0.25) is 43.8 Å². The zero-order valence-corrected chi connectivity index (χ0v) is 17.4. The number of carbonyl (C=O) groups is 1. The maximum absolute atomic E-state index is 11.8. The molecule has 0 spiro atoms. The van der Waals surface area contributed by atoms with Crippen molar-refractivity contribution in [3.63, 3.8) is 0 Å². The molecule has 0 heterocycles. The van der Waals surface area contributed by atoms with Crippen molar-refractivity contribution in [3.05, 3.63) is 11.6 Å². The summed E-state index contributed by atoms with van der Waals surface area (Å²) in [6.07, 6.45) is 2.79. The van der Waals surface area contributed by atoms with Crippen molar-refractivity contribution in [1.82, 2.24) is 0 Å². The third kappa shape index (κ3) is 7.97. The number of hydrogen-bond donors (Lipinski definition) is 0. The second kappa shape index (κ2) is 7.74. The van der Waals surface area contributed by atoms with Gasteiger partial charge in [0.2, 0.25) is 0 Å². The largest absolute Gasteiger partial charge is 0.466 e.